The van der Waals surface area contributed by atoms with Crippen LogP contribution in [0.4, 0.5) is 5.95 Å². The van der Waals surface area contributed by atoms with Gasteiger partial charge in [0, 0.05) is 5.70 Å². The summed E-state index contributed by atoms with van der Waals surface area (Å²) in [6.45, 7) is 6.72. The van der Waals surface area contributed by atoms with Crippen molar-refractivity contribution in [1.29, 1.82) is 0 Å². The number of fused-ring (bicyclic) bond motifs is 1. The van der Waals surface area contributed by atoms with Crippen LogP contribution in [-0.2, 0) is 16.1 Å². The number of ether oxygens (including phenoxy) is 3. The van der Waals surface area contributed by atoms with Crippen molar-refractivity contribution in [3.05, 3.63) is 70.9 Å². The molecule has 0 amide bonds. The van der Waals surface area contributed by atoms with Crippen LogP contribution in [-0.4, -0.2) is 40.2 Å². The minimum absolute atomic E-state index is 0.178. The normalized spacial score (nSPS) is 14.8. The molecule has 1 aliphatic heterocycles. The summed E-state index contributed by atoms with van der Waals surface area (Å²) in [5.74, 6) is 2.24. The lowest BCUT2D eigenvalue weighted by atomic mass is 9.95. The molecule has 9 heteroatoms. The Bertz CT molecular complexity index is 1210. The van der Waals surface area contributed by atoms with Crippen LogP contribution in [0.5, 0.6) is 11.5 Å². The molecule has 0 saturated heterocycles. The lowest BCUT2D eigenvalue weighted by Crippen LogP contribution is -2.29. The van der Waals surface area contributed by atoms with E-state index in [4.69, 9.17) is 19.3 Å². The van der Waals surface area contributed by atoms with Crippen molar-refractivity contribution >= 4 is 23.7 Å². The van der Waals surface area contributed by atoms with Crippen LogP contribution in [0.2, 0.25) is 0 Å². The molecular weight excluding hydrogens is 464 g/mol. The summed E-state index contributed by atoms with van der Waals surface area (Å²) in [5, 5.41) is 8.58. The van der Waals surface area contributed by atoms with Gasteiger partial charge in [0.05, 0.1) is 19.3 Å². The zero-order valence-corrected chi connectivity index (χ0v) is 21.2. The summed E-state index contributed by atoms with van der Waals surface area (Å²) >= 11 is 1.54. The quantitative estimate of drug-likeness (QED) is 0.303. The number of nitrogens with zero attached hydrogens (tertiary/aromatic N) is 3. The molecule has 0 radical (unpaired) electrons. The molecule has 2 heterocycles. The highest BCUT2D eigenvalue weighted by atomic mass is 32.2. The van der Waals surface area contributed by atoms with Gasteiger partial charge in [0.15, 0.2) is 11.5 Å². The summed E-state index contributed by atoms with van der Waals surface area (Å²) < 4.78 is 18.9. The fourth-order valence-electron chi connectivity index (χ4n) is 3.88. The molecule has 0 bridgehead atoms. The second kappa shape index (κ2) is 11.3. The van der Waals surface area contributed by atoms with Crippen LogP contribution in [0.3, 0.4) is 0 Å². The van der Waals surface area contributed by atoms with Gasteiger partial charge < -0.3 is 19.5 Å². The van der Waals surface area contributed by atoms with E-state index in [1.165, 1.54) is 0 Å². The van der Waals surface area contributed by atoms with Crippen LogP contribution in [0.25, 0.3) is 0 Å². The molecule has 0 fully saturated rings. The Hall–Kier alpha value is -3.46. The molecule has 4 rings (SSSR count). The zero-order valence-electron chi connectivity index (χ0n) is 20.4. The Balaban J connectivity index is 1.73. The molecule has 3 aromatic rings. The van der Waals surface area contributed by atoms with E-state index in [0.29, 0.717) is 40.5 Å². The van der Waals surface area contributed by atoms with Crippen molar-refractivity contribution in [3.63, 3.8) is 0 Å². The van der Waals surface area contributed by atoms with Gasteiger partial charge in [-0.3, -0.25) is 0 Å². The first kappa shape index (κ1) is 24.7. The number of anilines is 1. The van der Waals surface area contributed by atoms with E-state index in [1.54, 1.807) is 23.6 Å². The van der Waals surface area contributed by atoms with Gasteiger partial charge in [-0.2, -0.15) is 4.98 Å². The molecule has 8 nitrogen and oxygen atoms in total. The number of hydrogen-bond acceptors (Lipinski definition) is 8. The Kier molecular flexibility index (Phi) is 7.97. The van der Waals surface area contributed by atoms with E-state index in [2.05, 4.69) is 17.2 Å². The molecule has 35 heavy (non-hydrogen) atoms. The van der Waals surface area contributed by atoms with Crippen molar-refractivity contribution in [2.45, 2.75) is 45.0 Å². The van der Waals surface area contributed by atoms with E-state index in [1.807, 2.05) is 62.4 Å². The van der Waals surface area contributed by atoms with E-state index < -0.39 is 12.0 Å². The van der Waals surface area contributed by atoms with Gasteiger partial charge in [0.1, 0.15) is 12.6 Å². The predicted molar refractivity (Wildman–Crippen MR) is 136 cm³/mol. The van der Waals surface area contributed by atoms with Crippen molar-refractivity contribution in [2.24, 2.45) is 0 Å². The highest BCUT2D eigenvalue weighted by molar-refractivity contribution is 7.99. The molecule has 2 aromatic carbocycles. The Morgan fingerprint density at radius 1 is 1.14 bits per heavy atom. The number of methoxy groups -OCH3 is 1. The third-order valence-electron chi connectivity index (χ3n) is 5.50. The minimum Gasteiger partial charge on any atom is -0.493 e. The fourth-order valence-corrected chi connectivity index (χ4v) is 4.44. The first-order chi connectivity index (χ1) is 17.0. The largest absolute Gasteiger partial charge is 0.493 e. The van der Waals surface area contributed by atoms with Gasteiger partial charge in [0.25, 0.3) is 0 Å². The Morgan fingerprint density at radius 3 is 2.66 bits per heavy atom. The summed E-state index contributed by atoms with van der Waals surface area (Å²) in [6.07, 6.45) is 0.888. The van der Waals surface area contributed by atoms with Gasteiger partial charge >= 0.3 is 5.97 Å². The number of carbonyl (C=O) groups excluding carboxylic acids is 1. The van der Waals surface area contributed by atoms with Crippen LogP contribution in [0.1, 0.15) is 44.4 Å². The van der Waals surface area contributed by atoms with Gasteiger partial charge in [-0.1, -0.05) is 62.0 Å². The lowest BCUT2D eigenvalue weighted by molar-refractivity contribution is -0.140. The number of benzene rings is 2. The summed E-state index contributed by atoms with van der Waals surface area (Å²) in [5.41, 5.74) is 2.88. The molecule has 1 aromatic heterocycles. The Morgan fingerprint density at radius 2 is 1.94 bits per heavy atom. The first-order valence-electron chi connectivity index (χ1n) is 11.6. The van der Waals surface area contributed by atoms with E-state index in [-0.39, 0.29) is 6.61 Å². The second-order valence-corrected chi connectivity index (χ2v) is 9.21. The minimum atomic E-state index is -0.539. The summed E-state index contributed by atoms with van der Waals surface area (Å²) in [4.78, 5) is 18.0. The standard InChI is InChI=1S/C26H30N4O4S/c1-5-14-33-20-13-12-19(15-21(20)32-4)23-22(24(31)34-16-18-10-8-7-9-11-18)17(3)27-25-28-26(35-6-2)29-30(23)25/h7-13,15,23H,5-6,14,16H2,1-4H3,(H,27,28,29). The third-order valence-corrected chi connectivity index (χ3v) is 6.22. The predicted octanol–water partition coefficient (Wildman–Crippen LogP) is 5.22. The maximum absolute atomic E-state index is 13.4. The number of esters is 1. The third kappa shape index (κ3) is 5.45. The lowest BCUT2D eigenvalue weighted by Gasteiger charge is -2.28. The number of thioether (sulfide) groups is 1. The van der Waals surface area contributed by atoms with E-state index in [0.717, 1.165) is 23.3 Å². The smallest absolute Gasteiger partial charge is 0.338 e. The maximum Gasteiger partial charge on any atom is 0.338 e. The van der Waals surface area contributed by atoms with E-state index >= 15 is 0 Å². The number of carbonyl (C=O) groups is 1. The summed E-state index contributed by atoms with van der Waals surface area (Å²) in [7, 11) is 1.60. The maximum atomic E-state index is 13.4. The number of nitrogens with one attached hydrogen (secondary N) is 1. The molecule has 184 valence electrons. The second-order valence-electron chi connectivity index (χ2n) is 7.98. The van der Waals surface area contributed by atoms with Crippen LogP contribution in [0, 0.1) is 0 Å². The monoisotopic (exact) mass is 494 g/mol. The number of allylic oxidation sites excluding steroid dienone is 1. The molecule has 1 unspecified atom stereocenters. The SMILES string of the molecule is CCCOc1ccc(C2C(C(=O)OCc3ccccc3)=C(C)Nc3nc(SCC)nn32)cc1OC. The number of hydrogen-bond donors (Lipinski definition) is 1. The van der Waals surface area contributed by atoms with Crippen molar-refractivity contribution in [3.8, 4) is 11.5 Å². The molecular formula is C26H30N4O4S. The summed E-state index contributed by atoms with van der Waals surface area (Å²) in [6, 6.07) is 14.8. The fraction of sp³-hybridized carbons (Fsp3) is 0.346. The molecule has 0 spiro atoms. The average Bonchev–Trinajstić information content (AvgIpc) is 3.27. The average molecular weight is 495 g/mol. The first-order valence-corrected chi connectivity index (χ1v) is 12.6. The molecule has 1 atom stereocenters. The molecule has 0 saturated carbocycles. The van der Waals surface area contributed by atoms with E-state index in [9.17, 15) is 4.79 Å². The highest BCUT2D eigenvalue weighted by Crippen LogP contribution is 2.40. The van der Waals surface area contributed by atoms with Crippen molar-refractivity contribution in [1.82, 2.24) is 14.8 Å². The zero-order chi connectivity index (χ0) is 24.8. The van der Waals surface area contributed by atoms with Gasteiger partial charge in [0.2, 0.25) is 11.1 Å². The van der Waals surface area contributed by atoms with Gasteiger partial charge in [-0.25, -0.2) is 9.48 Å². The van der Waals surface area contributed by atoms with Crippen LogP contribution < -0.4 is 14.8 Å². The van der Waals surface area contributed by atoms with Crippen molar-refractivity contribution in [2.75, 3.05) is 24.8 Å². The molecule has 1 N–H and O–H groups in total. The topological polar surface area (TPSA) is 87.5 Å². The number of aromatic nitrogens is 3. The Labute approximate surface area is 209 Å². The van der Waals surface area contributed by atoms with Crippen LogP contribution >= 0.6 is 11.8 Å². The molecule has 0 aliphatic carbocycles. The number of rotatable bonds is 10. The van der Waals surface area contributed by atoms with Gasteiger partial charge in [-0.05, 0) is 42.4 Å². The van der Waals surface area contributed by atoms with Crippen molar-refractivity contribution < 1.29 is 19.0 Å². The van der Waals surface area contributed by atoms with Gasteiger partial charge in [-0.15, -0.1) is 5.10 Å². The highest BCUT2D eigenvalue weighted by Gasteiger charge is 2.35. The molecule has 1 aliphatic rings. The van der Waals surface area contributed by atoms with Crippen LogP contribution in [0.15, 0.2) is 65.0 Å².